The zero-order valence-electron chi connectivity index (χ0n) is 16.6. The van der Waals surface area contributed by atoms with Crippen LogP contribution >= 0.6 is 0 Å². The summed E-state index contributed by atoms with van der Waals surface area (Å²) in [5, 5.41) is 0. The second-order valence-corrected chi connectivity index (χ2v) is 11.1. The van der Waals surface area contributed by atoms with E-state index in [1.165, 1.54) is 64.8 Å². The smallest absolute Gasteiger partial charge is 0.0125 e. The third-order valence-corrected chi connectivity index (χ3v) is 7.14. The summed E-state index contributed by atoms with van der Waals surface area (Å²) in [6.07, 6.45) is 7.33. The van der Waals surface area contributed by atoms with Crippen LogP contribution in [0.15, 0.2) is 0 Å². The van der Waals surface area contributed by atoms with Gasteiger partial charge in [-0.1, -0.05) is 20.8 Å². The standard InChI is InChI=1S/C21H40N2/c1-19(2,3)18-7-10-21(11-8-18)15-22(16-21)13-17-9-12-23(14-17)20(4,5)6/h17-18H,7-16H2,1-6H3. The van der Waals surface area contributed by atoms with Crippen LogP contribution in [0.2, 0.25) is 0 Å². The van der Waals surface area contributed by atoms with E-state index in [0.29, 0.717) is 16.4 Å². The van der Waals surface area contributed by atoms with Crippen LogP contribution in [-0.4, -0.2) is 48.1 Å². The monoisotopic (exact) mass is 320 g/mol. The van der Waals surface area contributed by atoms with E-state index in [9.17, 15) is 0 Å². The molecule has 23 heavy (non-hydrogen) atoms. The Morgan fingerprint density at radius 1 is 0.913 bits per heavy atom. The number of rotatable bonds is 2. The SMILES string of the molecule is CC(C)(C)C1CCC2(CC1)CN(CC1CCN(C(C)(C)C)C1)C2. The van der Waals surface area contributed by atoms with Gasteiger partial charge in [-0.25, -0.2) is 0 Å². The molecule has 2 heterocycles. The van der Waals surface area contributed by atoms with Gasteiger partial charge in [0.1, 0.15) is 0 Å². The van der Waals surface area contributed by atoms with E-state index in [0.717, 1.165) is 11.8 Å². The van der Waals surface area contributed by atoms with Gasteiger partial charge in [0.05, 0.1) is 0 Å². The number of hydrogen-bond donors (Lipinski definition) is 0. The molecule has 2 heteroatoms. The highest BCUT2D eigenvalue weighted by Gasteiger charge is 2.47. The molecule has 0 radical (unpaired) electrons. The second kappa shape index (κ2) is 6.02. The molecule has 0 aromatic carbocycles. The Bertz CT molecular complexity index is 399. The van der Waals surface area contributed by atoms with Crippen molar-refractivity contribution in [2.75, 3.05) is 32.7 Å². The first kappa shape index (κ1) is 17.7. The fraction of sp³-hybridized carbons (Fsp3) is 1.00. The average Bonchev–Trinajstić information content (AvgIpc) is 2.85. The summed E-state index contributed by atoms with van der Waals surface area (Å²) in [6, 6.07) is 0. The summed E-state index contributed by atoms with van der Waals surface area (Å²) in [7, 11) is 0. The third kappa shape index (κ3) is 3.95. The summed E-state index contributed by atoms with van der Waals surface area (Å²) in [5.41, 5.74) is 1.59. The molecule has 1 spiro atoms. The topological polar surface area (TPSA) is 6.48 Å². The average molecular weight is 321 g/mol. The number of likely N-dealkylation sites (tertiary alicyclic amines) is 2. The summed E-state index contributed by atoms with van der Waals surface area (Å²) in [5.74, 6) is 1.87. The van der Waals surface area contributed by atoms with Crippen molar-refractivity contribution in [1.29, 1.82) is 0 Å². The molecule has 134 valence electrons. The summed E-state index contributed by atoms with van der Waals surface area (Å²) in [4.78, 5) is 5.45. The Morgan fingerprint density at radius 2 is 1.52 bits per heavy atom. The predicted octanol–water partition coefficient (Wildman–Crippen LogP) is 4.65. The van der Waals surface area contributed by atoms with E-state index in [1.54, 1.807) is 0 Å². The van der Waals surface area contributed by atoms with E-state index in [2.05, 4.69) is 51.3 Å². The summed E-state index contributed by atoms with van der Waals surface area (Å²) < 4.78 is 0. The molecule has 0 amide bonds. The summed E-state index contributed by atoms with van der Waals surface area (Å²) >= 11 is 0. The van der Waals surface area contributed by atoms with Gasteiger partial charge in [0.15, 0.2) is 0 Å². The maximum absolute atomic E-state index is 2.77. The third-order valence-electron chi connectivity index (χ3n) is 7.14. The Hall–Kier alpha value is -0.0800. The van der Waals surface area contributed by atoms with Crippen LogP contribution in [0.25, 0.3) is 0 Å². The first-order valence-electron chi connectivity index (χ1n) is 10.0. The lowest BCUT2D eigenvalue weighted by Crippen LogP contribution is -2.59. The van der Waals surface area contributed by atoms with Crippen LogP contribution in [0.1, 0.15) is 73.6 Å². The van der Waals surface area contributed by atoms with Gasteiger partial charge < -0.3 is 4.90 Å². The van der Waals surface area contributed by atoms with Crippen LogP contribution in [0.4, 0.5) is 0 Å². The van der Waals surface area contributed by atoms with Crippen molar-refractivity contribution in [3.8, 4) is 0 Å². The minimum absolute atomic E-state index is 0.357. The Morgan fingerprint density at radius 3 is 2.00 bits per heavy atom. The van der Waals surface area contributed by atoms with Crippen molar-refractivity contribution >= 4 is 0 Å². The number of hydrogen-bond acceptors (Lipinski definition) is 2. The highest BCUT2D eigenvalue weighted by atomic mass is 15.2. The lowest BCUT2D eigenvalue weighted by Gasteiger charge is -2.55. The normalized spacial score (nSPS) is 30.8. The van der Waals surface area contributed by atoms with E-state index in [1.807, 2.05) is 0 Å². The van der Waals surface area contributed by atoms with Crippen molar-refractivity contribution in [3.05, 3.63) is 0 Å². The molecule has 1 saturated carbocycles. The highest BCUT2D eigenvalue weighted by molar-refractivity contribution is 5.00. The molecule has 3 fully saturated rings. The van der Waals surface area contributed by atoms with Crippen LogP contribution in [-0.2, 0) is 0 Å². The molecular formula is C21H40N2. The van der Waals surface area contributed by atoms with Gasteiger partial charge in [-0.15, -0.1) is 0 Å². The van der Waals surface area contributed by atoms with Crippen molar-refractivity contribution in [1.82, 2.24) is 9.80 Å². The van der Waals surface area contributed by atoms with E-state index >= 15 is 0 Å². The fourth-order valence-corrected chi connectivity index (χ4v) is 5.40. The predicted molar refractivity (Wildman–Crippen MR) is 99.7 cm³/mol. The van der Waals surface area contributed by atoms with Crippen molar-refractivity contribution in [3.63, 3.8) is 0 Å². The Balaban J connectivity index is 1.41. The molecule has 0 aromatic rings. The molecule has 3 aliphatic rings. The highest BCUT2D eigenvalue weighted by Crippen LogP contribution is 2.49. The van der Waals surface area contributed by atoms with Gasteiger partial charge >= 0.3 is 0 Å². The van der Waals surface area contributed by atoms with Crippen molar-refractivity contribution < 1.29 is 0 Å². The van der Waals surface area contributed by atoms with Gasteiger partial charge in [0.2, 0.25) is 0 Å². The van der Waals surface area contributed by atoms with Gasteiger partial charge in [-0.2, -0.15) is 0 Å². The molecule has 2 aliphatic heterocycles. The molecule has 2 nitrogen and oxygen atoms in total. The maximum Gasteiger partial charge on any atom is 0.0125 e. The van der Waals surface area contributed by atoms with Crippen molar-refractivity contribution in [2.45, 2.75) is 79.2 Å². The van der Waals surface area contributed by atoms with Crippen LogP contribution in [0.3, 0.4) is 0 Å². The second-order valence-electron chi connectivity index (χ2n) is 11.1. The fourth-order valence-electron chi connectivity index (χ4n) is 5.40. The molecule has 1 aliphatic carbocycles. The van der Waals surface area contributed by atoms with Crippen LogP contribution in [0, 0.1) is 22.7 Å². The number of nitrogens with zero attached hydrogens (tertiary/aromatic N) is 2. The van der Waals surface area contributed by atoms with E-state index < -0.39 is 0 Å². The molecule has 0 aromatic heterocycles. The minimum atomic E-state index is 0.357. The van der Waals surface area contributed by atoms with E-state index in [-0.39, 0.29) is 0 Å². The molecule has 0 N–H and O–H groups in total. The van der Waals surface area contributed by atoms with Gasteiger partial charge in [-0.05, 0) is 82.1 Å². The zero-order chi connectivity index (χ0) is 16.9. The molecule has 1 unspecified atom stereocenters. The molecule has 0 bridgehead atoms. The Labute approximate surface area is 145 Å². The lowest BCUT2D eigenvalue weighted by molar-refractivity contribution is -0.0556. The molecular weight excluding hydrogens is 280 g/mol. The molecule has 1 atom stereocenters. The molecule has 3 rings (SSSR count). The Kier molecular flexibility index (Phi) is 4.64. The van der Waals surface area contributed by atoms with Gasteiger partial charge in [-0.3, -0.25) is 4.90 Å². The van der Waals surface area contributed by atoms with Gasteiger partial charge in [0, 0.05) is 31.7 Å². The van der Waals surface area contributed by atoms with Crippen LogP contribution < -0.4 is 0 Å². The van der Waals surface area contributed by atoms with Crippen molar-refractivity contribution in [2.24, 2.45) is 22.7 Å². The minimum Gasteiger partial charge on any atom is -0.302 e. The van der Waals surface area contributed by atoms with Gasteiger partial charge in [0.25, 0.3) is 0 Å². The lowest BCUT2D eigenvalue weighted by atomic mass is 9.61. The largest absolute Gasteiger partial charge is 0.302 e. The zero-order valence-corrected chi connectivity index (χ0v) is 16.6. The van der Waals surface area contributed by atoms with E-state index in [4.69, 9.17) is 0 Å². The summed E-state index contributed by atoms with van der Waals surface area (Å²) in [6.45, 7) is 21.2. The maximum atomic E-state index is 2.77. The molecule has 2 saturated heterocycles. The quantitative estimate of drug-likeness (QED) is 0.731. The first-order chi connectivity index (χ1) is 10.6. The van der Waals surface area contributed by atoms with Crippen LogP contribution in [0.5, 0.6) is 0 Å². The first-order valence-corrected chi connectivity index (χ1v) is 10.0.